The van der Waals surface area contributed by atoms with Crippen molar-refractivity contribution in [1.82, 2.24) is 9.88 Å². The molecule has 3 aliphatic rings. The number of aliphatic hydroxyl groups excluding tert-OH is 1. The van der Waals surface area contributed by atoms with Gasteiger partial charge in [-0.15, -0.1) is 6.58 Å². The lowest BCUT2D eigenvalue weighted by Gasteiger charge is -2.50. The molecule has 0 spiro atoms. The van der Waals surface area contributed by atoms with Crippen LogP contribution in [0.5, 0.6) is 5.75 Å². The van der Waals surface area contributed by atoms with Crippen molar-refractivity contribution < 1.29 is 9.84 Å². The molecule has 126 valence electrons. The Morgan fingerprint density at radius 1 is 1.38 bits per heavy atom. The molecule has 4 nitrogen and oxygen atoms in total. The summed E-state index contributed by atoms with van der Waals surface area (Å²) in [6.07, 6.45) is 4.52. The van der Waals surface area contributed by atoms with Crippen LogP contribution in [0.3, 0.4) is 0 Å². The second kappa shape index (κ2) is 6.19. The van der Waals surface area contributed by atoms with Crippen molar-refractivity contribution in [3.05, 3.63) is 48.7 Å². The van der Waals surface area contributed by atoms with Crippen molar-refractivity contribution in [1.29, 1.82) is 0 Å². The zero-order valence-electron chi connectivity index (χ0n) is 14.1. The van der Waals surface area contributed by atoms with Gasteiger partial charge in [0.1, 0.15) is 5.75 Å². The van der Waals surface area contributed by atoms with E-state index < -0.39 is 6.10 Å². The van der Waals surface area contributed by atoms with Crippen molar-refractivity contribution >= 4 is 10.9 Å². The van der Waals surface area contributed by atoms with E-state index in [1.807, 2.05) is 24.3 Å². The van der Waals surface area contributed by atoms with Crippen LogP contribution < -0.4 is 4.74 Å². The van der Waals surface area contributed by atoms with Gasteiger partial charge in [-0.2, -0.15) is 0 Å². The molecule has 1 aromatic carbocycles. The second-order valence-corrected chi connectivity index (χ2v) is 7.00. The fourth-order valence-corrected chi connectivity index (χ4v) is 4.55. The van der Waals surface area contributed by atoms with Crippen molar-refractivity contribution in [2.24, 2.45) is 17.8 Å². The van der Waals surface area contributed by atoms with Crippen molar-refractivity contribution in [3.63, 3.8) is 0 Å². The van der Waals surface area contributed by atoms with E-state index in [1.165, 1.54) is 0 Å². The average molecular weight is 324 g/mol. The highest BCUT2D eigenvalue weighted by Crippen LogP contribution is 2.44. The molecule has 3 fully saturated rings. The summed E-state index contributed by atoms with van der Waals surface area (Å²) in [6, 6.07) is 7.79. The minimum absolute atomic E-state index is 0.243. The number of nitrogens with zero attached hydrogens (tertiary/aromatic N) is 2. The summed E-state index contributed by atoms with van der Waals surface area (Å²) >= 11 is 0. The Balaban J connectivity index is 1.73. The number of benzene rings is 1. The quantitative estimate of drug-likeness (QED) is 0.878. The first-order valence-electron chi connectivity index (χ1n) is 8.67. The topological polar surface area (TPSA) is 45.6 Å². The summed E-state index contributed by atoms with van der Waals surface area (Å²) in [7, 11) is 1.66. The highest BCUT2D eigenvalue weighted by molar-refractivity contribution is 5.83. The molecule has 2 aromatic rings. The lowest BCUT2D eigenvalue weighted by atomic mass is 9.69. The van der Waals surface area contributed by atoms with Gasteiger partial charge in [-0.25, -0.2) is 0 Å². The molecule has 3 saturated heterocycles. The van der Waals surface area contributed by atoms with Crippen LogP contribution in [-0.4, -0.2) is 41.7 Å². The fraction of sp³-hybridized carbons (Fsp3) is 0.450. The number of aromatic nitrogens is 1. The molecule has 5 atom stereocenters. The third kappa shape index (κ3) is 2.50. The maximum absolute atomic E-state index is 11.2. The first-order chi connectivity index (χ1) is 11.7. The Labute approximate surface area is 142 Å². The van der Waals surface area contributed by atoms with Crippen molar-refractivity contribution in [2.75, 3.05) is 26.7 Å². The largest absolute Gasteiger partial charge is 0.497 e. The third-order valence-corrected chi connectivity index (χ3v) is 5.83. The summed E-state index contributed by atoms with van der Waals surface area (Å²) in [6.45, 7) is 7.20. The molecule has 24 heavy (non-hydrogen) atoms. The van der Waals surface area contributed by atoms with E-state index in [1.54, 1.807) is 13.3 Å². The molecule has 1 unspecified atom stereocenters. The Bertz CT molecular complexity index is 760. The Morgan fingerprint density at radius 3 is 3.00 bits per heavy atom. The lowest BCUT2D eigenvalue weighted by molar-refractivity contribution is -0.0472. The van der Waals surface area contributed by atoms with Crippen LogP contribution in [0.4, 0.5) is 0 Å². The molecular weight excluding hydrogens is 300 g/mol. The number of ether oxygens (including phenoxy) is 1. The first kappa shape index (κ1) is 15.6. The number of hydrogen-bond acceptors (Lipinski definition) is 4. The van der Waals surface area contributed by atoms with Crippen molar-refractivity contribution in [3.8, 4) is 5.75 Å². The van der Waals surface area contributed by atoms with Gasteiger partial charge < -0.3 is 14.7 Å². The van der Waals surface area contributed by atoms with E-state index in [-0.39, 0.29) is 5.92 Å². The van der Waals surface area contributed by atoms with Crippen LogP contribution in [-0.2, 0) is 0 Å². The van der Waals surface area contributed by atoms with E-state index in [9.17, 15) is 5.11 Å². The molecule has 0 aliphatic carbocycles. The molecule has 4 heterocycles. The number of pyridine rings is 1. The van der Waals surface area contributed by atoms with E-state index >= 15 is 0 Å². The predicted octanol–water partition coefficient (Wildman–Crippen LogP) is 3.03. The van der Waals surface area contributed by atoms with Crippen molar-refractivity contribution in [2.45, 2.75) is 12.5 Å². The summed E-state index contributed by atoms with van der Waals surface area (Å²) in [5.41, 5.74) is 1.86. The maximum atomic E-state index is 11.2. The van der Waals surface area contributed by atoms with E-state index in [0.717, 1.165) is 48.3 Å². The zero-order chi connectivity index (χ0) is 16.7. The van der Waals surface area contributed by atoms with Crippen LogP contribution in [0, 0.1) is 17.8 Å². The molecule has 1 N–H and O–H groups in total. The van der Waals surface area contributed by atoms with Gasteiger partial charge in [0.05, 0.1) is 18.7 Å². The molecule has 5 rings (SSSR count). The lowest BCUT2D eigenvalue weighted by Crippen LogP contribution is -2.53. The summed E-state index contributed by atoms with van der Waals surface area (Å²) in [5.74, 6) is 2.03. The normalized spacial score (nSPS) is 30.2. The maximum Gasteiger partial charge on any atom is 0.119 e. The number of hydrogen-bond donors (Lipinski definition) is 1. The molecule has 0 saturated carbocycles. The van der Waals surface area contributed by atoms with Crippen LogP contribution in [0.15, 0.2) is 43.1 Å². The Hall–Kier alpha value is -1.91. The van der Waals surface area contributed by atoms with E-state index in [0.29, 0.717) is 11.8 Å². The molecular formula is C20H24N2O2. The minimum atomic E-state index is -0.488. The Morgan fingerprint density at radius 2 is 2.25 bits per heavy atom. The van der Waals surface area contributed by atoms with Crippen LogP contribution >= 0.6 is 0 Å². The molecule has 4 heteroatoms. The van der Waals surface area contributed by atoms with Crippen LogP contribution in [0.2, 0.25) is 0 Å². The van der Waals surface area contributed by atoms with E-state index in [4.69, 9.17) is 4.74 Å². The van der Waals surface area contributed by atoms with E-state index in [2.05, 4.69) is 22.5 Å². The summed E-state index contributed by atoms with van der Waals surface area (Å²) in [5, 5.41) is 12.2. The van der Waals surface area contributed by atoms with Gasteiger partial charge in [0.15, 0.2) is 0 Å². The predicted molar refractivity (Wildman–Crippen MR) is 95.0 cm³/mol. The number of methoxy groups -OCH3 is 1. The average Bonchev–Trinajstić information content (AvgIpc) is 2.66. The molecule has 0 amide bonds. The molecule has 3 aliphatic heterocycles. The highest BCUT2D eigenvalue weighted by atomic mass is 16.5. The molecule has 2 bridgehead atoms. The minimum Gasteiger partial charge on any atom is -0.497 e. The number of aliphatic hydroxyl groups is 1. The van der Waals surface area contributed by atoms with Gasteiger partial charge in [-0.3, -0.25) is 4.98 Å². The second-order valence-electron chi connectivity index (χ2n) is 7.00. The smallest absolute Gasteiger partial charge is 0.119 e. The first-order valence-corrected chi connectivity index (χ1v) is 8.67. The monoisotopic (exact) mass is 324 g/mol. The molecule has 0 radical (unpaired) electrons. The van der Waals surface area contributed by atoms with Gasteiger partial charge in [-0.1, -0.05) is 6.08 Å². The van der Waals surface area contributed by atoms with Gasteiger partial charge in [0.25, 0.3) is 0 Å². The summed E-state index contributed by atoms with van der Waals surface area (Å²) < 4.78 is 5.36. The number of rotatable bonds is 4. The van der Waals surface area contributed by atoms with Gasteiger partial charge >= 0.3 is 0 Å². The van der Waals surface area contributed by atoms with Gasteiger partial charge in [0.2, 0.25) is 0 Å². The summed E-state index contributed by atoms with van der Waals surface area (Å²) in [4.78, 5) is 6.89. The Kier molecular flexibility index (Phi) is 4.02. The standard InChI is InChI=1S/C20H24N2O2/c1-3-13-11-22-9-7-15(13)18(12-22)20(23)16-6-8-21-19-5-4-14(24-2)10-17(16)19/h3-6,8,10,13,15,18,20,23H,1,7,9,11-12H2,2H3/t13-,15+,18-,20-/m1/s1. The van der Waals surface area contributed by atoms with Gasteiger partial charge in [0, 0.05) is 30.6 Å². The number of piperidine rings is 3. The SMILES string of the molecule is C=C[C@@H]1CN2CC[C@@H]1[C@H]([C@H](O)c1ccnc3ccc(OC)cc13)C2. The fourth-order valence-electron chi connectivity index (χ4n) is 4.55. The highest BCUT2D eigenvalue weighted by Gasteiger charge is 2.43. The zero-order valence-corrected chi connectivity index (χ0v) is 14.1. The molecule has 1 aromatic heterocycles. The van der Waals surface area contributed by atoms with Crippen LogP contribution in [0.1, 0.15) is 18.1 Å². The van der Waals surface area contributed by atoms with Gasteiger partial charge in [-0.05, 0) is 54.6 Å². The van der Waals surface area contributed by atoms with Crippen LogP contribution in [0.25, 0.3) is 10.9 Å². The third-order valence-electron chi connectivity index (χ3n) is 5.83. The number of fused-ring (bicyclic) bond motifs is 4.